The summed E-state index contributed by atoms with van der Waals surface area (Å²) in [7, 11) is 3.27. The van der Waals surface area contributed by atoms with Crippen molar-refractivity contribution in [3.8, 4) is 5.75 Å². The van der Waals surface area contributed by atoms with Crippen molar-refractivity contribution in [2.24, 2.45) is 0 Å². The van der Waals surface area contributed by atoms with Crippen LogP contribution in [-0.4, -0.2) is 20.1 Å². The molecule has 2 rings (SSSR count). The number of rotatable bonds is 6. The Kier molecular flexibility index (Phi) is 5.77. The molecule has 122 valence electrons. The van der Waals surface area contributed by atoms with Gasteiger partial charge in [-0.25, -0.2) is 0 Å². The highest BCUT2D eigenvalue weighted by molar-refractivity contribution is 5.94. The normalized spacial score (nSPS) is 11.8. The minimum atomic E-state index is -0.150. The van der Waals surface area contributed by atoms with Crippen molar-refractivity contribution < 1.29 is 14.3 Å². The molecule has 0 aromatic heterocycles. The van der Waals surface area contributed by atoms with Crippen LogP contribution in [0.2, 0.25) is 0 Å². The molecule has 4 heteroatoms. The Morgan fingerprint density at radius 1 is 1.17 bits per heavy atom. The van der Waals surface area contributed by atoms with Gasteiger partial charge in [0.05, 0.1) is 19.8 Å². The Morgan fingerprint density at radius 2 is 1.96 bits per heavy atom. The van der Waals surface area contributed by atoms with E-state index in [1.165, 1.54) is 0 Å². The van der Waals surface area contributed by atoms with Crippen molar-refractivity contribution in [2.45, 2.75) is 26.5 Å². The average molecular weight is 313 g/mol. The monoisotopic (exact) mass is 313 g/mol. The van der Waals surface area contributed by atoms with Gasteiger partial charge in [-0.3, -0.25) is 4.79 Å². The van der Waals surface area contributed by atoms with E-state index in [-0.39, 0.29) is 11.9 Å². The largest absolute Gasteiger partial charge is 0.496 e. The third kappa shape index (κ3) is 4.33. The van der Waals surface area contributed by atoms with Gasteiger partial charge in [0.1, 0.15) is 5.75 Å². The van der Waals surface area contributed by atoms with Crippen LogP contribution in [0.4, 0.5) is 0 Å². The number of carbonyl (C=O) groups is 1. The van der Waals surface area contributed by atoms with Crippen molar-refractivity contribution in [1.82, 2.24) is 5.32 Å². The highest BCUT2D eigenvalue weighted by atomic mass is 16.5. The number of nitrogens with one attached hydrogen (secondary N) is 1. The van der Waals surface area contributed by atoms with Crippen molar-refractivity contribution in [1.29, 1.82) is 0 Å². The van der Waals surface area contributed by atoms with Gasteiger partial charge in [-0.15, -0.1) is 0 Å². The summed E-state index contributed by atoms with van der Waals surface area (Å²) in [5, 5.41) is 3.02. The Balaban J connectivity index is 2.16. The summed E-state index contributed by atoms with van der Waals surface area (Å²) in [6, 6.07) is 13.2. The van der Waals surface area contributed by atoms with E-state index >= 15 is 0 Å². The van der Waals surface area contributed by atoms with Gasteiger partial charge in [-0.05, 0) is 37.6 Å². The van der Waals surface area contributed by atoms with E-state index in [1.54, 1.807) is 20.3 Å². The van der Waals surface area contributed by atoms with Gasteiger partial charge in [-0.2, -0.15) is 0 Å². The molecule has 0 saturated heterocycles. The molecular formula is C19H23NO3. The smallest absolute Gasteiger partial charge is 0.251 e. The third-order valence-corrected chi connectivity index (χ3v) is 3.70. The standard InChI is InChI=1S/C19H23NO3/c1-13-8-9-18(23-4)17(10-13)14(2)20-19(21)16-7-5-6-15(11-16)12-22-3/h5-11,14H,12H2,1-4H3,(H,20,21)/t14-/m0/s1. The number of benzene rings is 2. The molecule has 0 unspecified atom stereocenters. The zero-order valence-corrected chi connectivity index (χ0v) is 14.1. The maximum absolute atomic E-state index is 12.5. The summed E-state index contributed by atoms with van der Waals surface area (Å²) in [6.45, 7) is 4.46. The van der Waals surface area contributed by atoms with Crippen LogP contribution in [0, 0.1) is 6.92 Å². The predicted octanol–water partition coefficient (Wildman–Crippen LogP) is 3.64. The van der Waals surface area contributed by atoms with Crippen LogP contribution >= 0.6 is 0 Å². The molecule has 0 aliphatic rings. The average Bonchev–Trinajstić information content (AvgIpc) is 2.55. The lowest BCUT2D eigenvalue weighted by Crippen LogP contribution is -2.27. The molecule has 0 bridgehead atoms. The first-order valence-electron chi connectivity index (χ1n) is 7.58. The molecule has 0 aliphatic heterocycles. The molecule has 0 radical (unpaired) electrons. The lowest BCUT2D eigenvalue weighted by atomic mass is 10.0. The fraction of sp³-hybridized carbons (Fsp3) is 0.316. The second-order valence-corrected chi connectivity index (χ2v) is 5.57. The topological polar surface area (TPSA) is 47.6 Å². The van der Waals surface area contributed by atoms with E-state index in [0.29, 0.717) is 12.2 Å². The van der Waals surface area contributed by atoms with Crippen molar-refractivity contribution in [2.75, 3.05) is 14.2 Å². The quantitative estimate of drug-likeness (QED) is 0.885. The molecule has 2 aromatic carbocycles. The van der Waals surface area contributed by atoms with E-state index in [2.05, 4.69) is 5.32 Å². The molecule has 4 nitrogen and oxygen atoms in total. The summed E-state index contributed by atoms with van der Waals surface area (Å²) >= 11 is 0. The first-order chi connectivity index (χ1) is 11.0. The SMILES string of the molecule is COCc1cccc(C(=O)N[C@@H](C)c2cc(C)ccc2OC)c1. The number of aryl methyl sites for hydroxylation is 1. The van der Waals surface area contributed by atoms with Crippen LogP contribution in [-0.2, 0) is 11.3 Å². The van der Waals surface area contributed by atoms with Crippen LogP contribution < -0.4 is 10.1 Å². The fourth-order valence-corrected chi connectivity index (χ4v) is 2.52. The molecule has 23 heavy (non-hydrogen) atoms. The number of hydrogen-bond acceptors (Lipinski definition) is 3. The van der Waals surface area contributed by atoms with Gasteiger partial charge in [0, 0.05) is 18.2 Å². The summed E-state index contributed by atoms with van der Waals surface area (Å²) in [6.07, 6.45) is 0. The molecule has 1 amide bonds. The van der Waals surface area contributed by atoms with Crippen molar-refractivity contribution in [3.63, 3.8) is 0 Å². The van der Waals surface area contributed by atoms with Crippen molar-refractivity contribution in [3.05, 3.63) is 64.7 Å². The highest BCUT2D eigenvalue weighted by Crippen LogP contribution is 2.26. The van der Waals surface area contributed by atoms with Crippen LogP contribution in [0.1, 0.15) is 40.0 Å². The Hall–Kier alpha value is -2.33. The van der Waals surface area contributed by atoms with E-state index < -0.39 is 0 Å². The van der Waals surface area contributed by atoms with Gasteiger partial charge < -0.3 is 14.8 Å². The molecule has 1 N–H and O–H groups in total. The Labute approximate surface area is 137 Å². The zero-order chi connectivity index (χ0) is 16.8. The molecule has 0 heterocycles. The number of amides is 1. The molecule has 0 spiro atoms. The highest BCUT2D eigenvalue weighted by Gasteiger charge is 2.15. The van der Waals surface area contributed by atoms with E-state index in [4.69, 9.17) is 9.47 Å². The minimum Gasteiger partial charge on any atom is -0.496 e. The molecule has 1 atom stereocenters. The van der Waals surface area contributed by atoms with Gasteiger partial charge in [-0.1, -0.05) is 29.8 Å². The van der Waals surface area contributed by atoms with Crippen molar-refractivity contribution >= 4 is 5.91 Å². The van der Waals surface area contributed by atoms with E-state index in [0.717, 1.165) is 22.4 Å². The molecule has 0 fully saturated rings. The Bertz CT molecular complexity index is 682. The van der Waals surface area contributed by atoms with E-state index in [1.807, 2.05) is 50.2 Å². The van der Waals surface area contributed by atoms with Gasteiger partial charge in [0.25, 0.3) is 5.91 Å². The Morgan fingerprint density at radius 3 is 2.65 bits per heavy atom. The first kappa shape index (κ1) is 17.0. The maximum atomic E-state index is 12.5. The molecule has 2 aromatic rings. The van der Waals surface area contributed by atoms with Crippen LogP contribution in [0.25, 0.3) is 0 Å². The summed E-state index contributed by atoms with van der Waals surface area (Å²) < 4.78 is 10.5. The van der Waals surface area contributed by atoms with Crippen LogP contribution in [0.15, 0.2) is 42.5 Å². The number of carbonyl (C=O) groups excluding carboxylic acids is 1. The molecule has 0 saturated carbocycles. The minimum absolute atomic E-state index is 0.112. The number of hydrogen-bond donors (Lipinski definition) is 1. The summed E-state index contributed by atoms with van der Waals surface area (Å²) in [4.78, 5) is 12.5. The second kappa shape index (κ2) is 7.79. The summed E-state index contributed by atoms with van der Waals surface area (Å²) in [5.74, 6) is 0.663. The third-order valence-electron chi connectivity index (χ3n) is 3.70. The van der Waals surface area contributed by atoms with Gasteiger partial charge >= 0.3 is 0 Å². The molecular weight excluding hydrogens is 290 g/mol. The predicted molar refractivity (Wildman–Crippen MR) is 90.8 cm³/mol. The number of ether oxygens (including phenoxy) is 2. The zero-order valence-electron chi connectivity index (χ0n) is 14.1. The maximum Gasteiger partial charge on any atom is 0.251 e. The van der Waals surface area contributed by atoms with E-state index in [9.17, 15) is 4.79 Å². The van der Waals surface area contributed by atoms with Gasteiger partial charge in [0.2, 0.25) is 0 Å². The second-order valence-electron chi connectivity index (χ2n) is 5.57. The lowest BCUT2D eigenvalue weighted by molar-refractivity contribution is 0.0939. The fourth-order valence-electron chi connectivity index (χ4n) is 2.52. The van der Waals surface area contributed by atoms with Crippen LogP contribution in [0.3, 0.4) is 0 Å². The number of methoxy groups -OCH3 is 2. The molecule has 0 aliphatic carbocycles. The van der Waals surface area contributed by atoms with Gasteiger partial charge in [0.15, 0.2) is 0 Å². The first-order valence-corrected chi connectivity index (χ1v) is 7.58. The van der Waals surface area contributed by atoms with Crippen LogP contribution in [0.5, 0.6) is 5.75 Å². The summed E-state index contributed by atoms with van der Waals surface area (Å²) in [5.41, 5.74) is 3.69. The lowest BCUT2D eigenvalue weighted by Gasteiger charge is -2.18.